The lowest BCUT2D eigenvalue weighted by Crippen LogP contribution is -2.17. The Balaban J connectivity index is 1.53. The Hall–Kier alpha value is -3.86. The van der Waals surface area contributed by atoms with Crippen molar-refractivity contribution in [3.63, 3.8) is 0 Å². The summed E-state index contributed by atoms with van der Waals surface area (Å²) in [6.07, 6.45) is 3.50. The molecule has 0 aliphatic carbocycles. The largest absolute Gasteiger partial charge is 0.507 e. The third kappa shape index (κ3) is 4.57. The Morgan fingerprint density at radius 3 is 2.72 bits per heavy atom. The molecule has 0 aliphatic heterocycles. The molecule has 0 unspecified atom stereocenters. The Bertz CT molecular complexity index is 1390. The summed E-state index contributed by atoms with van der Waals surface area (Å²) >= 11 is 12.0. The number of halogens is 2. The molecule has 0 spiro atoms. The molecule has 9 heteroatoms. The standard InChI is InChI=1S/C23H15Cl2N5O2/c24-21-8-14(9-22(25)28-21)13-30-7-6-18-16(2-1-3-19(18)30)12-27-29-23(32)15-4-5-20(31)17(10-15)11-26/h1-10,12,31H,13H2,(H,29,32)/b27-12+. The van der Waals surface area contributed by atoms with E-state index in [1.165, 1.54) is 18.2 Å². The highest BCUT2D eigenvalue weighted by Gasteiger charge is 2.09. The number of carbonyl (C=O) groups excluding carboxylic acids is 1. The fraction of sp³-hybridized carbons (Fsp3) is 0.0435. The lowest BCUT2D eigenvalue weighted by atomic mass is 10.1. The maximum absolute atomic E-state index is 12.3. The molecule has 0 saturated heterocycles. The number of hydrogen-bond donors (Lipinski definition) is 2. The van der Waals surface area contributed by atoms with Crippen LogP contribution in [0.2, 0.25) is 10.3 Å². The van der Waals surface area contributed by atoms with Crippen LogP contribution in [0.15, 0.2) is 65.9 Å². The van der Waals surface area contributed by atoms with Gasteiger partial charge < -0.3 is 9.67 Å². The van der Waals surface area contributed by atoms with Gasteiger partial charge in [0.25, 0.3) is 5.91 Å². The first kappa shape index (κ1) is 21.4. The SMILES string of the molecule is N#Cc1cc(C(=O)N/N=C/c2cccc3c2ccn3Cc2cc(Cl)nc(Cl)c2)ccc1O. The summed E-state index contributed by atoms with van der Waals surface area (Å²) in [6.45, 7) is 0.560. The molecule has 0 saturated carbocycles. The van der Waals surface area contributed by atoms with E-state index in [4.69, 9.17) is 28.5 Å². The molecular weight excluding hydrogens is 449 g/mol. The number of aromatic hydroxyl groups is 1. The Morgan fingerprint density at radius 2 is 1.97 bits per heavy atom. The molecule has 2 aromatic carbocycles. The summed E-state index contributed by atoms with van der Waals surface area (Å²) in [6, 6.07) is 17.1. The number of nitrogens with zero attached hydrogens (tertiary/aromatic N) is 4. The number of benzene rings is 2. The van der Waals surface area contributed by atoms with E-state index in [9.17, 15) is 9.90 Å². The molecule has 158 valence electrons. The van der Waals surface area contributed by atoms with Gasteiger partial charge >= 0.3 is 0 Å². The Morgan fingerprint density at radius 1 is 1.19 bits per heavy atom. The van der Waals surface area contributed by atoms with E-state index >= 15 is 0 Å². The van der Waals surface area contributed by atoms with E-state index in [1.54, 1.807) is 18.3 Å². The van der Waals surface area contributed by atoms with Crippen LogP contribution in [0.3, 0.4) is 0 Å². The number of hydrazone groups is 1. The second-order valence-electron chi connectivity index (χ2n) is 6.89. The first-order chi connectivity index (χ1) is 15.4. The first-order valence-corrected chi connectivity index (χ1v) is 10.2. The second kappa shape index (κ2) is 9.10. The number of aromatic nitrogens is 2. The zero-order valence-electron chi connectivity index (χ0n) is 16.5. The van der Waals surface area contributed by atoms with Gasteiger partial charge in [-0.25, -0.2) is 10.4 Å². The molecule has 0 bridgehead atoms. The molecule has 0 atom stereocenters. The maximum Gasteiger partial charge on any atom is 0.271 e. The van der Waals surface area contributed by atoms with Gasteiger partial charge in [0.15, 0.2) is 0 Å². The molecule has 4 aromatic rings. The predicted molar refractivity (Wildman–Crippen MR) is 123 cm³/mol. The first-order valence-electron chi connectivity index (χ1n) is 9.41. The van der Waals surface area contributed by atoms with Gasteiger partial charge in [-0.15, -0.1) is 0 Å². The van der Waals surface area contributed by atoms with Crippen molar-refractivity contribution in [2.24, 2.45) is 5.10 Å². The summed E-state index contributed by atoms with van der Waals surface area (Å²) in [5, 5.41) is 24.2. The van der Waals surface area contributed by atoms with Crippen LogP contribution in [0.1, 0.15) is 27.0 Å². The van der Waals surface area contributed by atoms with Crippen molar-refractivity contribution in [3.05, 3.63) is 93.4 Å². The topological polar surface area (TPSA) is 103 Å². The number of hydrogen-bond acceptors (Lipinski definition) is 5. The van der Waals surface area contributed by atoms with Gasteiger partial charge in [-0.05, 0) is 48.0 Å². The third-order valence-corrected chi connectivity index (χ3v) is 5.16. The number of nitriles is 1. The smallest absolute Gasteiger partial charge is 0.271 e. The quantitative estimate of drug-likeness (QED) is 0.253. The number of fused-ring (bicyclic) bond motifs is 1. The number of phenols is 1. The minimum Gasteiger partial charge on any atom is -0.507 e. The van der Waals surface area contributed by atoms with Gasteiger partial charge in [-0.1, -0.05) is 35.3 Å². The van der Waals surface area contributed by atoms with Gasteiger partial charge in [0.05, 0.1) is 11.8 Å². The molecular formula is C23H15Cl2N5O2. The van der Waals surface area contributed by atoms with Gasteiger partial charge in [0, 0.05) is 34.8 Å². The number of phenolic OH excluding ortho intramolecular Hbond substituents is 1. The highest BCUT2D eigenvalue weighted by atomic mass is 35.5. The summed E-state index contributed by atoms with van der Waals surface area (Å²) in [5.41, 5.74) is 5.38. The van der Waals surface area contributed by atoms with Crippen LogP contribution in [0.4, 0.5) is 0 Å². The number of pyridine rings is 1. The molecule has 0 aliphatic rings. The zero-order valence-corrected chi connectivity index (χ0v) is 18.0. The number of carbonyl (C=O) groups is 1. The van der Waals surface area contributed by atoms with E-state index in [-0.39, 0.29) is 16.9 Å². The van der Waals surface area contributed by atoms with Crippen molar-refractivity contribution in [3.8, 4) is 11.8 Å². The van der Waals surface area contributed by atoms with E-state index in [0.717, 1.165) is 22.0 Å². The number of nitrogens with one attached hydrogen (secondary N) is 1. The van der Waals surface area contributed by atoms with Crippen LogP contribution in [-0.2, 0) is 6.54 Å². The van der Waals surface area contributed by atoms with Crippen LogP contribution >= 0.6 is 23.2 Å². The van der Waals surface area contributed by atoms with Crippen LogP contribution in [0.25, 0.3) is 10.9 Å². The van der Waals surface area contributed by atoms with Crippen LogP contribution in [0.5, 0.6) is 5.75 Å². The van der Waals surface area contributed by atoms with Crippen molar-refractivity contribution >= 4 is 46.2 Å². The summed E-state index contributed by atoms with van der Waals surface area (Å²) < 4.78 is 2.05. The van der Waals surface area contributed by atoms with E-state index < -0.39 is 5.91 Å². The summed E-state index contributed by atoms with van der Waals surface area (Å²) in [4.78, 5) is 16.3. The second-order valence-corrected chi connectivity index (χ2v) is 7.66. The molecule has 2 N–H and O–H groups in total. The van der Waals surface area contributed by atoms with Gasteiger partial charge in [0.1, 0.15) is 22.1 Å². The average molecular weight is 464 g/mol. The highest BCUT2D eigenvalue weighted by molar-refractivity contribution is 6.32. The van der Waals surface area contributed by atoms with Crippen molar-refractivity contribution < 1.29 is 9.90 Å². The molecule has 7 nitrogen and oxygen atoms in total. The van der Waals surface area contributed by atoms with E-state index in [0.29, 0.717) is 16.9 Å². The van der Waals surface area contributed by atoms with Gasteiger partial charge in [-0.2, -0.15) is 10.4 Å². The molecule has 0 radical (unpaired) electrons. The molecule has 4 rings (SSSR count). The van der Waals surface area contributed by atoms with Crippen LogP contribution < -0.4 is 5.43 Å². The minimum absolute atomic E-state index is 0.0181. The molecule has 2 heterocycles. The van der Waals surface area contributed by atoms with E-state index in [1.807, 2.05) is 41.1 Å². The molecule has 32 heavy (non-hydrogen) atoms. The van der Waals surface area contributed by atoms with Crippen LogP contribution in [-0.4, -0.2) is 26.8 Å². The lowest BCUT2D eigenvalue weighted by molar-refractivity contribution is 0.0955. The average Bonchev–Trinajstić information content (AvgIpc) is 3.17. The predicted octanol–water partition coefficient (Wildman–Crippen LogP) is 4.73. The zero-order chi connectivity index (χ0) is 22.7. The van der Waals surface area contributed by atoms with Crippen molar-refractivity contribution in [1.82, 2.24) is 15.0 Å². The normalized spacial score (nSPS) is 11.0. The Kier molecular flexibility index (Phi) is 6.08. The minimum atomic E-state index is -0.492. The number of amides is 1. The molecule has 2 aromatic heterocycles. The van der Waals surface area contributed by atoms with Crippen molar-refractivity contribution in [1.29, 1.82) is 5.26 Å². The summed E-state index contributed by atoms with van der Waals surface area (Å²) in [5.74, 6) is -0.672. The maximum atomic E-state index is 12.3. The van der Waals surface area contributed by atoms with E-state index in [2.05, 4.69) is 15.5 Å². The fourth-order valence-electron chi connectivity index (χ4n) is 3.29. The fourth-order valence-corrected chi connectivity index (χ4v) is 3.80. The number of rotatable bonds is 5. The lowest BCUT2D eigenvalue weighted by Gasteiger charge is -2.07. The van der Waals surface area contributed by atoms with Gasteiger partial charge in [-0.3, -0.25) is 4.79 Å². The monoisotopic (exact) mass is 463 g/mol. The summed E-state index contributed by atoms with van der Waals surface area (Å²) in [7, 11) is 0. The third-order valence-electron chi connectivity index (χ3n) is 4.77. The Labute approximate surface area is 193 Å². The highest BCUT2D eigenvalue weighted by Crippen LogP contribution is 2.22. The van der Waals surface area contributed by atoms with Gasteiger partial charge in [0.2, 0.25) is 0 Å². The van der Waals surface area contributed by atoms with Crippen molar-refractivity contribution in [2.75, 3.05) is 0 Å². The molecule has 1 amide bonds. The van der Waals surface area contributed by atoms with Crippen molar-refractivity contribution in [2.45, 2.75) is 6.54 Å². The van der Waals surface area contributed by atoms with Crippen LogP contribution in [0, 0.1) is 11.3 Å². The molecule has 0 fully saturated rings.